The van der Waals surface area contributed by atoms with Crippen LogP contribution in [0.25, 0.3) is 0 Å². The van der Waals surface area contributed by atoms with Gasteiger partial charge < -0.3 is 14.2 Å². The molecule has 1 heterocycles. The van der Waals surface area contributed by atoms with Crippen molar-refractivity contribution in [1.29, 1.82) is 0 Å². The van der Waals surface area contributed by atoms with Crippen LogP contribution in [0.15, 0.2) is 41.8 Å². The zero-order chi connectivity index (χ0) is 17.5. The Morgan fingerprint density at radius 3 is 2.42 bits per heavy atom. The minimum Gasteiger partial charge on any atom is -0.493 e. The lowest BCUT2D eigenvalue weighted by Crippen LogP contribution is -2.19. The number of carbonyl (C=O) groups excluding carboxylic acids is 1. The van der Waals surface area contributed by atoms with Crippen LogP contribution in [0, 0.1) is 0 Å². The summed E-state index contributed by atoms with van der Waals surface area (Å²) in [5, 5.41) is 4.12. The number of aromatic nitrogens is 1. The molecule has 126 valence electrons. The first kappa shape index (κ1) is 17.3. The standard InChI is InChI=1S/C17H19N3O4/c1-11(19-20-17(21)12-6-5-9-18-10-12)13-7-8-14(22-2)16(24-4)15(13)23-3/h5-10H,1-4H3,(H,20,21)/b19-11-. The molecule has 0 radical (unpaired) electrons. The first-order chi connectivity index (χ1) is 11.6. The number of nitrogens with zero attached hydrogens (tertiary/aromatic N) is 2. The predicted octanol–water partition coefficient (Wildman–Crippen LogP) is 2.26. The Kier molecular flexibility index (Phi) is 5.73. The lowest BCUT2D eigenvalue weighted by molar-refractivity contribution is 0.0954. The van der Waals surface area contributed by atoms with Crippen molar-refractivity contribution < 1.29 is 19.0 Å². The molecule has 0 saturated carbocycles. The molecule has 1 N–H and O–H groups in total. The third kappa shape index (κ3) is 3.62. The lowest BCUT2D eigenvalue weighted by atomic mass is 10.1. The van der Waals surface area contributed by atoms with E-state index in [1.807, 2.05) is 0 Å². The second-order valence-corrected chi connectivity index (χ2v) is 4.76. The molecular formula is C17H19N3O4. The summed E-state index contributed by atoms with van der Waals surface area (Å²) in [6, 6.07) is 6.88. The Hall–Kier alpha value is -3.09. The van der Waals surface area contributed by atoms with Gasteiger partial charge in [-0.2, -0.15) is 5.10 Å². The summed E-state index contributed by atoms with van der Waals surface area (Å²) in [7, 11) is 4.61. The second kappa shape index (κ2) is 7.96. The van der Waals surface area contributed by atoms with E-state index in [1.54, 1.807) is 44.5 Å². The largest absolute Gasteiger partial charge is 0.493 e. The number of nitrogens with one attached hydrogen (secondary N) is 1. The maximum atomic E-state index is 12.0. The van der Waals surface area contributed by atoms with Crippen LogP contribution in [0.3, 0.4) is 0 Å². The molecule has 24 heavy (non-hydrogen) atoms. The van der Waals surface area contributed by atoms with Crippen molar-refractivity contribution in [2.24, 2.45) is 5.10 Å². The van der Waals surface area contributed by atoms with E-state index in [-0.39, 0.29) is 5.91 Å². The molecule has 1 aromatic carbocycles. The van der Waals surface area contributed by atoms with E-state index in [4.69, 9.17) is 14.2 Å². The Labute approximate surface area is 140 Å². The molecule has 0 atom stereocenters. The van der Waals surface area contributed by atoms with E-state index in [9.17, 15) is 4.79 Å². The summed E-state index contributed by atoms with van der Waals surface area (Å²) in [4.78, 5) is 15.9. The number of benzene rings is 1. The normalized spacial score (nSPS) is 10.9. The van der Waals surface area contributed by atoms with Gasteiger partial charge in [-0.15, -0.1) is 0 Å². The van der Waals surface area contributed by atoms with E-state index >= 15 is 0 Å². The van der Waals surface area contributed by atoms with Crippen molar-refractivity contribution in [2.45, 2.75) is 6.92 Å². The molecule has 0 unspecified atom stereocenters. The molecule has 0 aliphatic carbocycles. The van der Waals surface area contributed by atoms with Crippen LogP contribution in [0.5, 0.6) is 17.2 Å². The highest BCUT2D eigenvalue weighted by molar-refractivity contribution is 6.03. The summed E-state index contributed by atoms with van der Waals surface area (Å²) in [5.74, 6) is 1.14. The fourth-order valence-corrected chi connectivity index (χ4v) is 2.14. The van der Waals surface area contributed by atoms with Crippen molar-refractivity contribution in [1.82, 2.24) is 10.4 Å². The zero-order valence-corrected chi connectivity index (χ0v) is 14.0. The van der Waals surface area contributed by atoms with Crippen LogP contribution in [0.2, 0.25) is 0 Å². The molecule has 7 heteroatoms. The number of hydrazone groups is 1. The van der Waals surface area contributed by atoms with Crippen molar-refractivity contribution in [2.75, 3.05) is 21.3 Å². The summed E-state index contributed by atoms with van der Waals surface area (Å²) in [5.41, 5.74) is 4.16. The van der Waals surface area contributed by atoms with Gasteiger partial charge in [0.25, 0.3) is 5.91 Å². The molecule has 0 spiro atoms. The Balaban J connectivity index is 2.29. The summed E-state index contributed by atoms with van der Waals surface area (Å²) < 4.78 is 16.0. The highest BCUT2D eigenvalue weighted by Gasteiger charge is 2.17. The van der Waals surface area contributed by atoms with Gasteiger partial charge in [-0.25, -0.2) is 5.43 Å². The summed E-state index contributed by atoms with van der Waals surface area (Å²) in [6.45, 7) is 1.76. The van der Waals surface area contributed by atoms with E-state index < -0.39 is 0 Å². The molecule has 0 aliphatic rings. The summed E-state index contributed by atoms with van der Waals surface area (Å²) in [6.07, 6.45) is 3.07. The van der Waals surface area contributed by atoms with Crippen molar-refractivity contribution >= 4 is 11.6 Å². The molecule has 0 bridgehead atoms. The number of rotatable bonds is 6. The van der Waals surface area contributed by atoms with Gasteiger partial charge in [0.15, 0.2) is 11.5 Å². The number of pyridine rings is 1. The third-order valence-electron chi connectivity index (χ3n) is 3.34. The van der Waals surface area contributed by atoms with E-state index in [1.165, 1.54) is 20.4 Å². The van der Waals surface area contributed by atoms with Crippen LogP contribution < -0.4 is 19.6 Å². The first-order valence-electron chi connectivity index (χ1n) is 7.16. The Morgan fingerprint density at radius 2 is 1.83 bits per heavy atom. The van der Waals surface area contributed by atoms with Crippen LogP contribution in [-0.4, -0.2) is 37.9 Å². The molecule has 2 rings (SSSR count). The molecule has 0 aliphatic heterocycles. The van der Waals surface area contributed by atoms with Gasteiger partial charge in [0, 0.05) is 18.0 Å². The quantitative estimate of drug-likeness (QED) is 0.649. The smallest absolute Gasteiger partial charge is 0.272 e. The van der Waals surface area contributed by atoms with Gasteiger partial charge in [-0.05, 0) is 31.2 Å². The Bertz CT molecular complexity index is 745. The van der Waals surface area contributed by atoms with Crippen LogP contribution in [0.1, 0.15) is 22.8 Å². The van der Waals surface area contributed by atoms with Crippen molar-refractivity contribution in [3.63, 3.8) is 0 Å². The average Bonchev–Trinajstić information content (AvgIpc) is 2.64. The highest BCUT2D eigenvalue weighted by atomic mass is 16.5. The maximum Gasteiger partial charge on any atom is 0.272 e. The topological polar surface area (TPSA) is 82.0 Å². The fourth-order valence-electron chi connectivity index (χ4n) is 2.14. The second-order valence-electron chi connectivity index (χ2n) is 4.76. The van der Waals surface area contributed by atoms with Gasteiger partial charge in [-0.3, -0.25) is 9.78 Å². The number of hydrogen-bond donors (Lipinski definition) is 1. The van der Waals surface area contributed by atoms with Crippen molar-refractivity contribution in [3.8, 4) is 17.2 Å². The molecular weight excluding hydrogens is 310 g/mol. The SMILES string of the molecule is COc1ccc(/C(C)=N\NC(=O)c2cccnc2)c(OC)c1OC. The molecule has 7 nitrogen and oxygen atoms in total. The predicted molar refractivity (Wildman–Crippen MR) is 90.0 cm³/mol. The minimum absolute atomic E-state index is 0.345. The zero-order valence-electron chi connectivity index (χ0n) is 14.0. The monoisotopic (exact) mass is 329 g/mol. The van der Waals surface area contributed by atoms with E-state index in [2.05, 4.69) is 15.5 Å². The van der Waals surface area contributed by atoms with Gasteiger partial charge in [0.05, 0.1) is 32.6 Å². The molecule has 0 saturated heterocycles. The molecule has 1 amide bonds. The summed E-state index contributed by atoms with van der Waals surface area (Å²) >= 11 is 0. The van der Waals surface area contributed by atoms with Crippen molar-refractivity contribution in [3.05, 3.63) is 47.8 Å². The minimum atomic E-state index is -0.345. The molecule has 0 fully saturated rings. The van der Waals surface area contributed by atoms with Gasteiger partial charge in [-0.1, -0.05) is 0 Å². The molecule has 2 aromatic rings. The number of hydrogen-bond acceptors (Lipinski definition) is 6. The number of amides is 1. The Morgan fingerprint density at radius 1 is 1.08 bits per heavy atom. The van der Waals surface area contributed by atoms with Crippen LogP contribution in [0.4, 0.5) is 0 Å². The number of methoxy groups -OCH3 is 3. The number of ether oxygens (including phenoxy) is 3. The average molecular weight is 329 g/mol. The van der Waals surface area contributed by atoms with Crippen LogP contribution in [-0.2, 0) is 0 Å². The first-order valence-corrected chi connectivity index (χ1v) is 7.16. The van der Waals surface area contributed by atoms with Gasteiger partial charge >= 0.3 is 0 Å². The fraction of sp³-hybridized carbons (Fsp3) is 0.235. The van der Waals surface area contributed by atoms with Gasteiger partial charge in [0.1, 0.15) is 0 Å². The third-order valence-corrected chi connectivity index (χ3v) is 3.34. The van der Waals surface area contributed by atoms with Crippen LogP contribution >= 0.6 is 0 Å². The maximum absolute atomic E-state index is 12.0. The van der Waals surface area contributed by atoms with E-state index in [0.29, 0.717) is 34.1 Å². The van der Waals surface area contributed by atoms with Gasteiger partial charge in [0.2, 0.25) is 5.75 Å². The highest BCUT2D eigenvalue weighted by Crippen LogP contribution is 2.39. The number of carbonyl (C=O) groups is 1. The van der Waals surface area contributed by atoms with E-state index in [0.717, 1.165) is 0 Å². The lowest BCUT2D eigenvalue weighted by Gasteiger charge is -2.15. The molecule has 1 aromatic heterocycles.